The summed E-state index contributed by atoms with van der Waals surface area (Å²) in [5.74, 6) is -2.31. The van der Waals surface area contributed by atoms with Gasteiger partial charge in [0.15, 0.2) is 17.4 Å². The van der Waals surface area contributed by atoms with E-state index in [1.54, 1.807) is 0 Å². The molecule has 0 spiro atoms. The van der Waals surface area contributed by atoms with Gasteiger partial charge in [-0.05, 0) is 19.1 Å². The first-order valence-electron chi connectivity index (χ1n) is 4.45. The summed E-state index contributed by atoms with van der Waals surface area (Å²) in [5.41, 5.74) is 0.221. The average molecular weight is 242 g/mol. The third kappa shape index (κ3) is 1.65. The minimum absolute atomic E-state index is 0.0406. The summed E-state index contributed by atoms with van der Waals surface area (Å²) in [7, 11) is 0. The maximum Gasteiger partial charge on any atom is 0.161 e. The van der Waals surface area contributed by atoms with Crippen molar-refractivity contribution in [3.05, 3.63) is 40.7 Å². The van der Waals surface area contributed by atoms with Gasteiger partial charge in [-0.1, -0.05) is 11.6 Å². The molecule has 0 aliphatic rings. The Kier molecular flexibility index (Phi) is 2.59. The molecule has 0 aliphatic carbocycles. The predicted octanol–water partition coefficient (Wildman–Crippen LogP) is 3.37. The lowest BCUT2D eigenvalue weighted by Gasteiger charge is -2.05. The molecule has 0 amide bonds. The highest BCUT2D eigenvalue weighted by Crippen LogP contribution is 2.27. The Labute approximate surface area is 94.9 Å². The second kappa shape index (κ2) is 3.79. The molecule has 0 radical (unpaired) electrons. The number of benzene rings is 1. The van der Waals surface area contributed by atoms with Crippen LogP contribution in [0.4, 0.5) is 8.78 Å². The van der Waals surface area contributed by atoms with Crippen LogP contribution in [0.15, 0.2) is 18.3 Å². The van der Waals surface area contributed by atoms with Gasteiger partial charge < -0.3 is 0 Å². The van der Waals surface area contributed by atoms with Crippen LogP contribution in [-0.4, -0.2) is 10.8 Å². The number of carbonyl (C=O) groups excluding carboxylic acids is 1. The van der Waals surface area contributed by atoms with E-state index in [1.807, 2.05) is 0 Å². The van der Waals surface area contributed by atoms with Crippen molar-refractivity contribution >= 4 is 28.2 Å². The fourth-order valence-electron chi connectivity index (χ4n) is 1.48. The number of aromatic nitrogens is 1. The van der Waals surface area contributed by atoms with Crippen LogP contribution in [0.5, 0.6) is 0 Å². The number of pyridine rings is 1. The standard InChI is InChI=1S/C11H6ClF2NO/c1-5(16)8-4-15-11(12)7-3-10(14)9(13)2-6(7)8/h2-4H,1H3. The quantitative estimate of drug-likeness (QED) is 0.566. The maximum atomic E-state index is 13.1. The van der Waals surface area contributed by atoms with Crippen LogP contribution < -0.4 is 0 Å². The zero-order valence-electron chi connectivity index (χ0n) is 8.22. The van der Waals surface area contributed by atoms with Crippen LogP contribution in [0.2, 0.25) is 5.15 Å². The summed E-state index contributed by atoms with van der Waals surface area (Å²) >= 11 is 5.75. The topological polar surface area (TPSA) is 30.0 Å². The zero-order chi connectivity index (χ0) is 11.9. The van der Waals surface area contributed by atoms with Crippen LogP contribution in [-0.2, 0) is 0 Å². The first-order chi connectivity index (χ1) is 7.50. The summed E-state index contributed by atoms with van der Waals surface area (Å²) in [5, 5.41) is 0.540. The number of carbonyl (C=O) groups is 1. The van der Waals surface area contributed by atoms with Gasteiger partial charge in [-0.25, -0.2) is 13.8 Å². The number of hydrogen-bond donors (Lipinski definition) is 0. The van der Waals surface area contributed by atoms with Crippen molar-refractivity contribution < 1.29 is 13.6 Å². The minimum Gasteiger partial charge on any atom is -0.294 e. The highest BCUT2D eigenvalue weighted by molar-refractivity contribution is 6.34. The fourth-order valence-corrected chi connectivity index (χ4v) is 1.69. The second-order valence-electron chi connectivity index (χ2n) is 3.33. The summed E-state index contributed by atoms with van der Waals surface area (Å²) in [4.78, 5) is 15.0. The lowest BCUT2D eigenvalue weighted by Crippen LogP contribution is -1.97. The molecule has 82 valence electrons. The van der Waals surface area contributed by atoms with Gasteiger partial charge in [0.25, 0.3) is 0 Å². The van der Waals surface area contributed by atoms with E-state index < -0.39 is 11.6 Å². The molecular formula is C11H6ClF2NO. The number of hydrogen-bond acceptors (Lipinski definition) is 2. The van der Waals surface area contributed by atoms with Crippen LogP contribution >= 0.6 is 11.6 Å². The van der Waals surface area contributed by atoms with Gasteiger partial charge in [-0.15, -0.1) is 0 Å². The molecule has 1 aromatic carbocycles. The molecule has 0 N–H and O–H groups in total. The first kappa shape index (κ1) is 11.0. The van der Waals surface area contributed by atoms with E-state index in [-0.39, 0.29) is 27.3 Å². The molecule has 0 atom stereocenters. The van der Waals surface area contributed by atoms with Gasteiger partial charge in [0.1, 0.15) is 5.15 Å². The highest BCUT2D eigenvalue weighted by Gasteiger charge is 2.13. The molecule has 0 bridgehead atoms. The van der Waals surface area contributed by atoms with E-state index in [2.05, 4.69) is 4.98 Å². The highest BCUT2D eigenvalue weighted by atomic mass is 35.5. The largest absolute Gasteiger partial charge is 0.294 e. The van der Waals surface area contributed by atoms with Crippen molar-refractivity contribution in [1.29, 1.82) is 0 Å². The normalized spacial score (nSPS) is 10.8. The van der Waals surface area contributed by atoms with E-state index in [1.165, 1.54) is 13.1 Å². The van der Waals surface area contributed by atoms with Crippen LogP contribution in [0.3, 0.4) is 0 Å². The SMILES string of the molecule is CC(=O)c1cnc(Cl)c2cc(F)c(F)cc12. The molecule has 2 nitrogen and oxygen atoms in total. The molecule has 0 saturated carbocycles. The monoisotopic (exact) mass is 241 g/mol. The van der Waals surface area contributed by atoms with Gasteiger partial charge in [0.05, 0.1) is 0 Å². The Morgan fingerprint density at radius 3 is 2.38 bits per heavy atom. The number of halogens is 3. The Bertz CT molecular complexity index is 598. The van der Waals surface area contributed by atoms with E-state index >= 15 is 0 Å². The lowest BCUT2D eigenvalue weighted by molar-refractivity contribution is 0.101. The summed E-state index contributed by atoms with van der Waals surface area (Å²) in [6.07, 6.45) is 1.25. The van der Waals surface area contributed by atoms with Crippen molar-refractivity contribution in [2.45, 2.75) is 6.92 Å². The molecular weight excluding hydrogens is 236 g/mol. The van der Waals surface area contributed by atoms with Gasteiger partial charge in [-0.3, -0.25) is 4.79 Å². The number of rotatable bonds is 1. The Hall–Kier alpha value is -1.55. The third-order valence-corrected chi connectivity index (χ3v) is 2.56. The zero-order valence-corrected chi connectivity index (χ0v) is 8.98. The average Bonchev–Trinajstić information content (AvgIpc) is 2.21. The molecule has 1 heterocycles. The van der Waals surface area contributed by atoms with Crippen molar-refractivity contribution in [3.63, 3.8) is 0 Å². The molecule has 1 aromatic heterocycles. The Morgan fingerprint density at radius 2 is 1.81 bits per heavy atom. The number of Topliss-reactive ketones (excluding diaryl/α,β-unsaturated/α-hetero) is 1. The predicted molar refractivity (Wildman–Crippen MR) is 56.7 cm³/mol. The van der Waals surface area contributed by atoms with E-state index in [9.17, 15) is 13.6 Å². The van der Waals surface area contributed by atoms with Crippen molar-refractivity contribution in [2.75, 3.05) is 0 Å². The Morgan fingerprint density at radius 1 is 1.25 bits per heavy atom. The summed E-state index contributed by atoms with van der Waals surface area (Å²) < 4.78 is 26.1. The second-order valence-corrected chi connectivity index (χ2v) is 3.69. The van der Waals surface area contributed by atoms with E-state index in [0.29, 0.717) is 0 Å². The van der Waals surface area contributed by atoms with E-state index in [0.717, 1.165) is 12.1 Å². The molecule has 5 heteroatoms. The Balaban J connectivity index is 2.93. The first-order valence-corrected chi connectivity index (χ1v) is 4.82. The number of fused-ring (bicyclic) bond motifs is 1. The van der Waals surface area contributed by atoms with Crippen molar-refractivity contribution in [2.24, 2.45) is 0 Å². The molecule has 2 aromatic rings. The molecule has 0 saturated heterocycles. The molecule has 0 aliphatic heterocycles. The van der Waals surface area contributed by atoms with E-state index in [4.69, 9.17) is 11.6 Å². The van der Waals surface area contributed by atoms with Crippen LogP contribution in [0.25, 0.3) is 10.8 Å². The van der Waals surface area contributed by atoms with Crippen molar-refractivity contribution in [1.82, 2.24) is 4.98 Å². The smallest absolute Gasteiger partial charge is 0.161 e. The summed E-state index contributed by atoms with van der Waals surface area (Å²) in [6.45, 7) is 1.33. The molecule has 16 heavy (non-hydrogen) atoms. The van der Waals surface area contributed by atoms with Crippen LogP contribution in [0, 0.1) is 11.6 Å². The fraction of sp³-hybridized carbons (Fsp3) is 0.0909. The van der Waals surface area contributed by atoms with Gasteiger partial charge in [0.2, 0.25) is 0 Å². The van der Waals surface area contributed by atoms with Crippen LogP contribution in [0.1, 0.15) is 17.3 Å². The lowest BCUT2D eigenvalue weighted by atomic mass is 10.1. The van der Waals surface area contributed by atoms with Gasteiger partial charge >= 0.3 is 0 Å². The number of ketones is 1. The van der Waals surface area contributed by atoms with Gasteiger partial charge in [-0.2, -0.15) is 0 Å². The minimum atomic E-state index is -1.02. The summed E-state index contributed by atoms with van der Waals surface area (Å²) in [6, 6.07) is 1.89. The third-order valence-electron chi connectivity index (χ3n) is 2.26. The van der Waals surface area contributed by atoms with Gasteiger partial charge in [0, 0.05) is 22.5 Å². The maximum absolute atomic E-state index is 13.1. The van der Waals surface area contributed by atoms with Crippen molar-refractivity contribution in [3.8, 4) is 0 Å². The molecule has 0 fully saturated rings. The number of nitrogens with zero attached hydrogens (tertiary/aromatic N) is 1. The molecule has 0 unspecified atom stereocenters. The molecule has 2 rings (SSSR count).